The van der Waals surface area contributed by atoms with Crippen molar-refractivity contribution in [1.82, 2.24) is 0 Å². The third-order valence-corrected chi connectivity index (χ3v) is 3.64. The Morgan fingerprint density at radius 3 is 2.81 bits per heavy atom. The van der Waals surface area contributed by atoms with Crippen LogP contribution in [0.2, 0.25) is 4.47 Å². The number of unbranched alkanes of at least 4 members (excludes halogenated alkanes) is 1. The number of ether oxygens (including phenoxy) is 1. The molecule has 0 bridgehead atoms. The second-order valence-electron chi connectivity index (χ2n) is 3.35. The third kappa shape index (κ3) is 6.91. The van der Waals surface area contributed by atoms with Gasteiger partial charge in [-0.2, -0.15) is 0 Å². The van der Waals surface area contributed by atoms with Crippen LogP contribution in [0.4, 0.5) is 0 Å². The molecule has 0 saturated heterocycles. The van der Waals surface area contributed by atoms with Crippen molar-refractivity contribution < 1.29 is 4.74 Å². The summed E-state index contributed by atoms with van der Waals surface area (Å²) in [6.45, 7) is 3.74. The molecule has 0 radical (unpaired) electrons. The Balaban J connectivity index is 1.99. The number of rotatable bonds is 6. The monoisotopic (exact) mass is 332 g/mol. The van der Waals surface area contributed by atoms with Gasteiger partial charge in [0.05, 0.1) is 0 Å². The normalized spacial score (nSPS) is 9.56. The van der Waals surface area contributed by atoms with Gasteiger partial charge >= 0.3 is 109 Å². The Kier molecular flexibility index (Phi) is 8.27. The molecule has 0 fully saturated rings. The maximum absolute atomic E-state index is 5.57. The van der Waals surface area contributed by atoms with Crippen molar-refractivity contribution in [1.29, 1.82) is 0 Å². The van der Waals surface area contributed by atoms with Gasteiger partial charge in [-0.1, -0.05) is 0 Å². The molecule has 0 amide bonds. The maximum atomic E-state index is 5.57. The average Bonchev–Trinajstić information content (AvgIpc) is 2.34. The molecule has 1 aromatic rings. The van der Waals surface area contributed by atoms with E-state index >= 15 is 0 Å². The standard InChI is InChI=1S/C14H18OTe/c1-2-16-12-8-4-7-11-15-13-14-9-5-3-6-10-14/h3,5-6,9-10H,2,4,7,11,13H2,1H3. The second kappa shape index (κ2) is 9.73. The molecule has 0 aliphatic carbocycles. The topological polar surface area (TPSA) is 9.23 Å². The van der Waals surface area contributed by atoms with Gasteiger partial charge in [-0.05, 0) is 0 Å². The van der Waals surface area contributed by atoms with E-state index in [1.165, 1.54) is 10.0 Å². The molecular formula is C14H18OTe. The van der Waals surface area contributed by atoms with Crippen molar-refractivity contribution in [3.05, 3.63) is 35.9 Å². The van der Waals surface area contributed by atoms with E-state index in [2.05, 4.69) is 28.9 Å². The molecular weight excluding hydrogens is 312 g/mol. The van der Waals surface area contributed by atoms with E-state index in [0.29, 0.717) is 0 Å². The second-order valence-corrected chi connectivity index (χ2v) is 6.41. The third-order valence-electron chi connectivity index (χ3n) is 1.99. The predicted octanol–water partition coefficient (Wildman–Crippen LogP) is 3.09. The number of benzene rings is 1. The average molecular weight is 330 g/mol. The van der Waals surface area contributed by atoms with Crippen molar-refractivity contribution in [2.75, 3.05) is 6.61 Å². The van der Waals surface area contributed by atoms with Crippen LogP contribution in [0.15, 0.2) is 30.3 Å². The predicted molar refractivity (Wildman–Crippen MR) is 69.3 cm³/mol. The summed E-state index contributed by atoms with van der Waals surface area (Å²) >= 11 is 0.00766. The summed E-state index contributed by atoms with van der Waals surface area (Å²) < 4.78 is 10.1. The molecule has 0 aromatic heterocycles. The summed E-state index contributed by atoms with van der Waals surface area (Å²) in [5.41, 5.74) is 1.24. The van der Waals surface area contributed by atoms with Gasteiger partial charge in [-0.15, -0.1) is 0 Å². The Bertz CT molecular complexity index is 324. The Morgan fingerprint density at radius 2 is 2.06 bits per heavy atom. The van der Waals surface area contributed by atoms with Gasteiger partial charge in [0.2, 0.25) is 0 Å². The zero-order chi connectivity index (χ0) is 11.5. The van der Waals surface area contributed by atoms with E-state index in [1.807, 2.05) is 18.2 Å². The minimum atomic E-state index is 0.00766. The van der Waals surface area contributed by atoms with Crippen LogP contribution >= 0.6 is 0 Å². The molecule has 0 unspecified atom stereocenters. The van der Waals surface area contributed by atoms with Crippen LogP contribution in [0.5, 0.6) is 0 Å². The van der Waals surface area contributed by atoms with Gasteiger partial charge in [0.25, 0.3) is 0 Å². The zero-order valence-electron chi connectivity index (χ0n) is 9.74. The molecule has 2 heteroatoms. The molecule has 16 heavy (non-hydrogen) atoms. The van der Waals surface area contributed by atoms with Gasteiger partial charge in [-0.25, -0.2) is 0 Å². The number of hydrogen-bond donors (Lipinski definition) is 0. The Hall–Kier alpha value is -0.470. The van der Waals surface area contributed by atoms with Gasteiger partial charge in [0.15, 0.2) is 0 Å². The molecule has 1 rings (SSSR count). The fraction of sp³-hybridized carbons (Fsp3) is 0.429. The quantitative estimate of drug-likeness (QED) is 0.443. The van der Waals surface area contributed by atoms with Crippen LogP contribution < -0.4 is 0 Å². The van der Waals surface area contributed by atoms with Gasteiger partial charge in [0.1, 0.15) is 0 Å². The van der Waals surface area contributed by atoms with Crippen molar-refractivity contribution in [2.45, 2.75) is 30.8 Å². The van der Waals surface area contributed by atoms with Crippen LogP contribution in [0.25, 0.3) is 0 Å². The van der Waals surface area contributed by atoms with Crippen LogP contribution in [-0.4, -0.2) is 27.5 Å². The molecule has 0 saturated carbocycles. The van der Waals surface area contributed by atoms with Crippen molar-refractivity contribution in [3.63, 3.8) is 0 Å². The fourth-order valence-corrected chi connectivity index (χ4v) is 2.20. The molecule has 0 atom stereocenters. The molecule has 1 nitrogen and oxygen atoms in total. The molecule has 0 aliphatic rings. The van der Waals surface area contributed by atoms with E-state index in [9.17, 15) is 0 Å². The zero-order valence-corrected chi connectivity index (χ0v) is 12.1. The van der Waals surface area contributed by atoms with Crippen molar-refractivity contribution >= 4 is 20.9 Å². The van der Waals surface area contributed by atoms with E-state index in [1.54, 1.807) is 0 Å². The Labute approximate surface area is 109 Å². The first-order valence-corrected chi connectivity index (χ1v) is 8.46. The van der Waals surface area contributed by atoms with Gasteiger partial charge in [0, 0.05) is 0 Å². The first kappa shape index (κ1) is 13.6. The van der Waals surface area contributed by atoms with Gasteiger partial charge < -0.3 is 0 Å². The van der Waals surface area contributed by atoms with Crippen LogP contribution in [-0.2, 0) is 11.3 Å². The molecule has 0 spiro atoms. The SMILES string of the molecule is CC[Te]C#CCCCOCc1ccccc1. The minimum absolute atomic E-state index is 0.00766. The molecule has 1 aromatic carbocycles. The van der Waals surface area contributed by atoms with E-state index in [0.717, 1.165) is 26.1 Å². The summed E-state index contributed by atoms with van der Waals surface area (Å²) in [4.78, 5) is 0. The van der Waals surface area contributed by atoms with E-state index in [4.69, 9.17) is 4.74 Å². The first-order valence-electron chi connectivity index (χ1n) is 5.65. The molecule has 0 aliphatic heterocycles. The van der Waals surface area contributed by atoms with Crippen LogP contribution in [0, 0.1) is 9.89 Å². The summed E-state index contributed by atoms with van der Waals surface area (Å²) in [5, 5.41) is 0. The summed E-state index contributed by atoms with van der Waals surface area (Å²) in [6, 6.07) is 10.3. The van der Waals surface area contributed by atoms with Gasteiger partial charge in [-0.3, -0.25) is 0 Å². The van der Waals surface area contributed by atoms with E-state index in [-0.39, 0.29) is 20.9 Å². The molecule has 86 valence electrons. The molecule has 0 heterocycles. The first-order chi connectivity index (χ1) is 7.93. The van der Waals surface area contributed by atoms with E-state index < -0.39 is 0 Å². The van der Waals surface area contributed by atoms with Crippen molar-refractivity contribution in [3.8, 4) is 9.89 Å². The van der Waals surface area contributed by atoms with Crippen molar-refractivity contribution in [2.24, 2.45) is 0 Å². The Morgan fingerprint density at radius 1 is 1.25 bits per heavy atom. The van der Waals surface area contributed by atoms with Crippen LogP contribution in [0.1, 0.15) is 25.3 Å². The summed E-state index contributed by atoms with van der Waals surface area (Å²) in [6.07, 6.45) is 2.04. The fourth-order valence-electron chi connectivity index (χ4n) is 1.20. The van der Waals surface area contributed by atoms with Crippen LogP contribution in [0.3, 0.4) is 0 Å². The summed E-state index contributed by atoms with van der Waals surface area (Å²) in [5.74, 6) is 3.21. The summed E-state index contributed by atoms with van der Waals surface area (Å²) in [7, 11) is 0. The number of hydrogen-bond acceptors (Lipinski definition) is 1. The molecule has 0 N–H and O–H groups in total.